The van der Waals surface area contributed by atoms with Crippen molar-refractivity contribution in [2.24, 2.45) is 0 Å². The van der Waals surface area contributed by atoms with Gasteiger partial charge in [0.2, 0.25) is 0 Å². The van der Waals surface area contributed by atoms with Gasteiger partial charge in [-0.05, 0) is 36.4 Å². The van der Waals surface area contributed by atoms with Crippen molar-refractivity contribution >= 4 is 29.8 Å². The fraction of sp³-hybridized carbons (Fsp3) is 0.375. The first-order chi connectivity index (χ1) is 27.0. The highest BCUT2D eigenvalue weighted by Gasteiger charge is 2.56. The van der Waals surface area contributed by atoms with Crippen LogP contribution in [0.4, 0.5) is 0 Å². The van der Waals surface area contributed by atoms with E-state index in [-0.39, 0.29) is 23.3 Å². The van der Waals surface area contributed by atoms with Crippen LogP contribution in [0.15, 0.2) is 104 Å². The highest BCUT2D eigenvalue weighted by Crippen LogP contribution is 2.34. The summed E-state index contributed by atoms with van der Waals surface area (Å²) in [4.78, 5) is 64.5. The van der Waals surface area contributed by atoms with E-state index in [1.54, 1.807) is 54.6 Å². The summed E-state index contributed by atoms with van der Waals surface area (Å²) in [6.07, 6.45) is -13.5. The molecule has 2 heterocycles. The molecule has 0 saturated carbocycles. The maximum absolute atomic E-state index is 13.6. The first-order valence-corrected chi connectivity index (χ1v) is 17.6. The minimum Gasteiger partial charge on any atom is -0.457 e. The molecule has 2 aliphatic rings. The van der Waals surface area contributed by atoms with Crippen molar-refractivity contribution in [2.45, 2.75) is 75.3 Å². The van der Waals surface area contributed by atoms with Crippen molar-refractivity contribution < 1.29 is 76.8 Å². The van der Waals surface area contributed by atoms with Crippen LogP contribution in [0.3, 0.4) is 0 Å². The number of hydrogen-bond donors (Lipinski definition) is 2. The van der Waals surface area contributed by atoms with Gasteiger partial charge in [-0.1, -0.05) is 60.7 Å². The van der Waals surface area contributed by atoms with E-state index in [1.807, 2.05) is 0 Å². The van der Waals surface area contributed by atoms with Crippen molar-refractivity contribution in [1.82, 2.24) is 0 Å². The third-order valence-corrected chi connectivity index (χ3v) is 8.55. The van der Waals surface area contributed by atoms with E-state index in [1.165, 1.54) is 42.5 Å². The van der Waals surface area contributed by atoms with Crippen LogP contribution in [0.5, 0.6) is 0 Å². The lowest BCUT2D eigenvalue weighted by atomic mass is 10.0. The summed E-state index contributed by atoms with van der Waals surface area (Å²) in [5, 5.41) is 21.0. The van der Waals surface area contributed by atoms with Crippen molar-refractivity contribution in [3.8, 4) is 0 Å². The summed E-state index contributed by atoms with van der Waals surface area (Å²) in [5.74, 6) is -4.13. The molecule has 0 aliphatic carbocycles. The Hall–Kier alpha value is -5.49. The smallest absolute Gasteiger partial charge is 0.338 e. The molecule has 3 aromatic carbocycles. The van der Waals surface area contributed by atoms with Crippen LogP contribution < -0.4 is 0 Å². The van der Waals surface area contributed by atoms with Crippen molar-refractivity contribution in [3.63, 3.8) is 0 Å². The van der Waals surface area contributed by atoms with Gasteiger partial charge in [-0.15, -0.1) is 6.58 Å². The topological polar surface area (TPSA) is 209 Å². The molecule has 2 aliphatic heterocycles. The van der Waals surface area contributed by atoms with Crippen molar-refractivity contribution in [3.05, 3.63) is 120 Å². The van der Waals surface area contributed by atoms with E-state index < -0.39 is 104 Å². The number of carbonyl (C=O) groups is 5. The normalized spacial score (nSPS) is 25.3. The van der Waals surface area contributed by atoms with Gasteiger partial charge in [-0.3, -0.25) is 9.59 Å². The first kappa shape index (κ1) is 41.7. The molecular formula is C40H42O16. The summed E-state index contributed by atoms with van der Waals surface area (Å²) in [5.41, 5.74) is 0.427. The van der Waals surface area contributed by atoms with Gasteiger partial charge in [0, 0.05) is 13.8 Å². The summed E-state index contributed by atoms with van der Waals surface area (Å²) in [6.45, 7) is 4.32. The Bertz CT molecular complexity index is 1790. The fourth-order valence-corrected chi connectivity index (χ4v) is 6.04. The van der Waals surface area contributed by atoms with Crippen LogP contribution in [-0.4, -0.2) is 121 Å². The molecule has 2 fully saturated rings. The molecule has 0 amide bonds. The maximum Gasteiger partial charge on any atom is 0.338 e. The summed E-state index contributed by atoms with van der Waals surface area (Å²) < 4.78 is 52.2. The van der Waals surface area contributed by atoms with Crippen LogP contribution in [0, 0.1) is 0 Å². The lowest BCUT2D eigenvalue weighted by molar-refractivity contribution is -0.217. The number of hydrogen-bond acceptors (Lipinski definition) is 16. The minimum atomic E-state index is -1.66. The van der Waals surface area contributed by atoms with Crippen LogP contribution in [0.2, 0.25) is 0 Å². The van der Waals surface area contributed by atoms with Gasteiger partial charge >= 0.3 is 29.8 Å². The molecule has 16 heteroatoms. The quantitative estimate of drug-likeness (QED) is 0.115. The Balaban J connectivity index is 1.52. The SMILES string of the molecule is C=CCO[C@@H]1O[C@@H]([C@@H](CO[C@@H]2O[C@@H]([C@@H](CO)OC(C)=O)C(O)[C@@H]2OC(C)=O)OC(=O)c2ccccc2)C(OC(=O)c2ccccc2)[C@@H]1OC(=O)c1ccccc1. The van der Waals surface area contributed by atoms with Gasteiger partial charge in [-0.2, -0.15) is 0 Å². The largest absolute Gasteiger partial charge is 0.457 e. The average molecular weight is 779 g/mol. The molecule has 2 saturated heterocycles. The first-order valence-electron chi connectivity index (χ1n) is 17.6. The van der Waals surface area contributed by atoms with Crippen molar-refractivity contribution in [1.29, 1.82) is 0 Å². The second kappa shape index (κ2) is 19.9. The lowest BCUT2D eigenvalue weighted by Crippen LogP contribution is -2.48. The van der Waals surface area contributed by atoms with Crippen molar-refractivity contribution in [2.75, 3.05) is 19.8 Å². The van der Waals surface area contributed by atoms with E-state index in [0.29, 0.717) is 0 Å². The molecule has 10 atom stereocenters. The Morgan fingerprint density at radius 3 is 1.64 bits per heavy atom. The molecule has 0 radical (unpaired) electrons. The van der Waals surface area contributed by atoms with Crippen LogP contribution in [0.1, 0.15) is 44.9 Å². The molecule has 5 rings (SSSR count). The van der Waals surface area contributed by atoms with Gasteiger partial charge < -0.3 is 52.8 Å². The Kier molecular flexibility index (Phi) is 14.8. The molecule has 56 heavy (non-hydrogen) atoms. The fourth-order valence-electron chi connectivity index (χ4n) is 6.04. The van der Waals surface area contributed by atoms with Crippen LogP contribution in [-0.2, 0) is 52.2 Å². The number of carbonyl (C=O) groups excluding carboxylic acids is 5. The second-order valence-corrected chi connectivity index (χ2v) is 12.6. The van der Waals surface area contributed by atoms with E-state index in [9.17, 15) is 34.2 Å². The zero-order chi connectivity index (χ0) is 40.2. The van der Waals surface area contributed by atoms with E-state index in [2.05, 4.69) is 6.58 Å². The van der Waals surface area contributed by atoms with Gasteiger partial charge in [-0.25, -0.2) is 14.4 Å². The predicted octanol–water partition coefficient (Wildman–Crippen LogP) is 2.55. The monoisotopic (exact) mass is 778 g/mol. The molecule has 0 spiro atoms. The second-order valence-electron chi connectivity index (χ2n) is 12.6. The lowest BCUT2D eigenvalue weighted by Gasteiger charge is -2.29. The number of esters is 5. The molecule has 3 aromatic rings. The highest BCUT2D eigenvalue weighted by molar-refractivity contribution is 5.91. The molecule has 0 bridgehead atoms. The average Bonchev–Trinajstić information content (AvgIpc) is 3.69. The zero-order valence-corrected chi connectivity index (χ0v) is 30.4. The Labute approximate surface area is 321 Å². The summed E-state index contributed by atoms with van der Waals surface area (Å²) in [7, 11) is 0. The van der Waals surface area contributed by atoms with Gasteiger partial charge in [0.15, 0.2) is 43.1 Å². The molecule has 2 N–H and O–H groups in total. The van der Waals surface area contributed by atoms with Gasteiger partial charge in [0.05, 0.1) is 36.5 Å². The number of benzene rings is 3. The summed E-state index contributed by atoms with van der Waals surface area (Å²) in [6, 6.07) is 23.8. The van der Waals surface area contributed by atoms with Crippen LogP contribution >= 0.6 is 0 Å². The number of rotatable bonds is 17. The summed E-state index contributed by atoms with van der Waals surface area (Å²) >= 11 is 0. The van der Waals surface area contributed by atoms with E-state index in [4.69, 9.17) is 42.6 Å². The molecule has 16 nitrogen and oxygen atoms in total. The third kappa shape index (κ3) is 10.6. The van der Waals surface area contributed by atoms with E-state index >= 15 is 0 Å². The van der Waals surface area contributed by atoms with Gasteiger partial charge in [0.1, 0.15) is 18.3 Å². The maximum atomic E-state index is 13.6. The molecular weight excluding hydrogens is 736 g/mol. The molecule has 0 aromatic heterocycles. The predicted molar refractivity (Wildman–Crippen MR) is 191 cm³/mol. The van der Waals surface area contributed by atoms with E-state index in [0.717, 1.165) is 13.8 Å². The van der Waals surface area contributed by atoms with Crippen LogP contribution in [0.25, 0.3) is 0 Å². The zero-order valence-electron chi connectivity index (χ0n) is 30.4. The Morgan fingerprint density at radius 1 is 0.643 bits per heavy atom. The number of aliphatic hydroxyl groups excluding tert-OH is 2. The van der Waals surface area contributed by atoms with Gasteiger partial charge in [0.25, 0.3) is 0 Å². The standard InChI is InChI=1S/C40H42O16/c1-4-20-48-40-35(54-38(47)27-18-12-7-13-19-27)34(53-37(46)26-16-10-6-11-17-26)32(56-40)29(52-36(45)25-14-8-5-9-15-25)22-49-39-33(51-24(3)43)30(44)31(55-39)28(21-41)50-23(2)42/h4-19,28-35,39-41,44H,1,20-22H2,2-3H3/t28-,29-,30?,31+,32+,33+,34?,35+,39-,40-/m1/s1. The number of ether oxygens (including phenoxy) is 9. The minimum absolute atomic E-state index is 0.102. The highest BCUT2D eigenvalue weighted by atomic mass is 16.8. The Morgan fingerprint density at radius 2 is 1.14 bits per heavy atom. The molecule has 298 valence electrons. The number of aliphatic hydroxyl groups is 2. The molecule has 2 unspecified atom stereocenters. The third-order valence-electron chi connectivity index (χ3n) is 8.55.